The van der Waals surface area contributed by atoms with Gasteiger partial charge in [-0.1, -0.05) is 42.5 Å². The lowest BCUT2D eigenvalue weighted by Crippen LogP contribution is -2.25. The lowest BCUT2D eigenvalue weighted by Gasteiger charge is -2.33. The molecule has 0 aromatic heterocycles. The van der Waals surface area contributed by atoms with Gasteiger partial charge >= 0.3 is 0 Å². The molecule has 3 atom stereocenters. The van der Waals surface area contributed by atoms with Crippen molar-refractivity contribution in [3.05, 3.63) is 60.2 Å². The number of aliphatic hydroxyl groups is 1. The third-order valence-corrected chi connectivity index (χ3v) is 3.67. The van der Waals surface area contributed by atoms with Gasteiger partial charge < -0.3 is 10.2 Å². The van der Waals surface area contributed by atoms with Crippen LogP contribution in [-0.2, 0) is 0 Å². The zero-order valence-corrected chi connectivity index (χ0v) is 10.0. The third kappa shape index (κ3) is 2.00. The van der Waals surface area contributed by atoms with Crippen molar-refractivity contribution < 1.29 is 10.2 Å². The molecule has 3 rings (SSSR count). The molecule has 0 heterocycles. The lowest BCUT2D eigenvalue weighted by molar-refractivity contribution is 0.183. The van der Waals surface area contributed by atoms with Crippen molar-refractivity contribution in [1.29, 1.82) is 0 Å². The Morgan fingerprint density at radius 3 is 2.78 bits per heavy atom. The minimum atomic E-state index is -0.403. The number of rotatable bonds is 1. The highest BCUT2D eigenvalue weighted by atomic mass is 16.3. The Balaban J connectivity index is 2.03. The first-order valence-electron chi connectivity index (χ1n) is 6.28. The highest BCUT2D eigenvalue weighted by Crippen LogP contribution is 2.40. The van der Waals surface area contributed by atoms with E-state index in [9.17, 15) is 10.2 Å². The highest BCUT2D eigenvalue weighted by Gasteiger charge is 2.29. The summed E-state index contributed by atoms with van der Waals surface area (Å²) < 4.78 is 0. The van der Waals surface area contributed by atoms with E-state index in [1.807, 2.05) is 24.3 Å². The first-order valence-corrected chi connectivity index (χ1v) is 6.28. The average molecular weight is 240 g/mol. The van der Waals surface area contributed by atoms with E-state index in [0.29, 0.717) is 11.8 Å². The molecule has 0 radical (unpaired) electrons. The number of phenols is 1. The fourth-order valence-electron chi connectivity index (χ4n) is 2.85. The molecule has 1 aromatic carbocycles. The minimum Gasteiger partial charge on any atom is -0.508 e. The Hall–Kier alpha value is -1.80. The number of benzene rings is 1. The summed E-state index contributed by atoms with van der Waals surface area (Å²) in [6.07, 6.45) is 10.7. The number of hydrogen-bond donors (Lipinski definition) is 2. The molecule has 0 fully saturated rings. The van der Waals surface area contributed by atoms with Gasteiger partial charge in [-0.3, -0.25) is 0 Å². The van der Waals surface area contributed by atoms with Gasteiger partial charge in [0.05, 0.1) is 6.10 Å². The Kier molecular flexibility index (Phi) is 2.80. The Morgan fingerprint density at radius 2 is 1.94 bits per heavy atom. The van der Waals surface area contributed by atoms with E-state index >= 15 is 0 Å². The molecule has 0 spiro atoms. The molecule has 1 aromatic rings. The highest BCUT2D eigenvalue weighted by molar-refractivity contribution is 5.72. The first-order chi connectivity index (χ1) is 8.74. The van der Waals surface area contributed by atoms with Gasteiger partial charge in [-0.15, -0.1) is 0 Å². The van der Waals surface area contributed by atoms with Crippen molar-refractivity contribution in [2.75, 3.05) is 0 Å². The van der Waals surface area contributed by atoms with Crippen molar-refractivity contribution in [3.63, 3.8) is 0 Å². The predicted octanol–water partition coefficient (Wildman–Crippen LogP) is 2.90. The first kappa shape index (κ1) is 11.3. The van der Waals surface area contributed by atoms with E-state index in [1.54, 1.807) is 12.1 Å². The van der Waals surface area contributed by atoms with E-state index in [0.717, 1.165) is 17.6 Å². The monoisotopic (exact) mass is 240 g/mol. The summed E-state index contributed by atoms with van der Waals surface area (Å²) in [6.45, 7) is 0. The Morgan fingerprint density at radius 1 is 1.11 bits per heavy atom. The Labute approximate surface area is 107 Å². The van der Waals surface area contributed by atoms with E-state index in [4.69, 9.17) is 0 Å². The second-order valence-corrected chi connectivity index (χ2v) is 4.93. The molecule has 18 heavy (non-hydrogen) atoms. The number of phenolic OH excluding ortho intramolecular Hbond substituents is 1. The van der Waals surface area contributed by atoms with Crippen LogP contribution in [0, 0.1) is 11.8 Å². The molecular formula is C16H16O2. The summed E-state index contributed by atoms with van der Waals surface area (Å²) in [5.74, 6) is 0.924. The van der Waals surface area contributed by atoms with Crippen LogP contribution in [0.4, 0.5) is 0 Å². The largest absolute Gasteiger partial charge is 0.508 e. The molecule has 0 amide bonds. The Bertz CT molecular complexity index is 540. The lowest BCUT2D eigenvalue weighted by atomic mass is 9.73. The van der Waals surface area contributed by atoms with Gasteiger partial charge in [-0.2, -0.15) is 0 Å². The van der Waals surface area contributed by atoms with Crippen molar-refractivity contribution >= 4 is 5.57 Å². The number of fused-ring (bicyclic) bond motifs is 1. The van der Waals surface area contributed by atoms with E-state index in [2.05, 4.69) is 18.2 Å². The second kappa shape index (κ2) is 4.46. The van der Waals surface area contributed by atoms with Crippen molar-refractivity contribution in [3.8, 4) is 5.75 Å². The van der Waals surface area contributed by atoms with Crippen LogP contribution in [-0.4, -0.2) is 16.3 Å². The molecule has 2 aliphatic rings. The molecule has 2 N–H and O–H groups in total. The molecule has 2 aliphatic carbocycles. The van der Waals surface area contributed by atoms with Crippen LogP contribution in [0.3, 0.4) is 0 Å². The molecule has 2 nitrogen and oxygen atoms in total. The van der Waals surface area contributed by atoms with Gasteiger partial charge in [0.1, 0.15) is 5.75 Å². The van der Waals surface area contributed by atoms with Crippen LogP contribution >= 0.6 is 0 Å². The van der Waals surface area contributed by atoms with Gasteiger partial charge in [-0.05, 0) is 35.6 Å². The second-order valence-electron chi connectivity index (χ2n) is 4.93. The van der Waals surface area contributed by atoms with Crippen molar-refractivity contribution in [1.82, 2.24) is 0 Å². The summed E-state index contributed by atoms with van der Waals surface area (Å²) in [5.41, 5.74) is 2.10. The average Bonchev–Trinajstić information content (AvgIpc) is 2.37. The summed E-state index contributed by atoms with van der Waals surface area (Å²) >= 11 is 0. The van der Waals surface area contributed by atoms with Crippen LogP contribution in [0.1, 0.15) is 12.0 Å². The van der Waals surface area contributed by atoms with Crippen LogP contribution in [0.2, 0.25) is 0 Å². The van der Waals surface area contributed by atoms with Crippen LogP contribution in [0.5, 0.6) is 5.75 Å². The molecular weight excluding hydrogens is 224 g/mol. The zero-order valence-electron chi connectivity index (χ0n) is 10.0. The van der Waals surface area contributed by atoms with Gasteiger partial charge in [0.2, 0.25) is 0 Å². The van der Waals surface area contributed by atoms with Gasteiger partial charge in [0.15, 0.2) is 0 Å². The standard InChI is InChI=1S/C16H16O2/c17-13-6-3-5-12(8-13)16-10-14(18)9-11-4-1-2-7-15(11)16/h1-8,10-11,14-15,17-18H,9H2/t11?,14-,15?/m0/s1. The third-order valence-electron chi connectivity index (χ3n) is 3.67. The van der Waals surface area contributed by atoms with Crippen LogP contribution in [0.15, 0.2) is 54.6 Å². The quantitative estimate of drug-likeness (QED) is 0.792. The summed E-state index contributed by atoms with van der Waals surface area (Å²) in [7, 11) is 0. The molecule has 0 saturated carbocycles. The SMILES string of the molecule is Oc1cccc(C2=C[C@@H](O)CC3C=CC=CC23)c1. The van der Waals surface area contributed by atoms with E-state index in [1.165, 1.54) is 0 Å². The number of aliphatic hydroxyl groups excluding tert-OH is 1. The molecule has 0 aliphatic heterocycles. The van der Waals surface area contributed by atoms with Crippen molar-refractivity contribution in [2.24, 2.45) is 11.8 Å². The topological polar surface area (TPSA) is 40.5 Å². The molecule has 0 saturated heterocycles. The zero-order chi connectivity index (χ0) is 12.5. The van der Waals surface area contributed by atoms with E-state index < -0.39 is 6.10 Å². The summed E-state index contributed by atoms with van der Waals surface area (Å²) in [4.78, 5) is 0. The molecule has 92 valence electrons. The maximum absolute atomic E-state index is 9.95. The molecule has 2 unspecified atom stereocenters. The maximum atomic E-state index is 9.95. The minimum absolute atomic E-state index is 0.264. The smallest absolute Gasteiger partial charge is 0.116 e. The maximum Gasteiger partial charge on any atom is 0.116 e. The van der Waals surface area contributed by atoms with Gasteiger partial charge in [-0.25, -0.2) is 0 Å². The fourth-order valence-corrected chi connectivity index (χ4v) is 2.85. The van der Waals surface area contributed by atoms with Crippen LogP contribution < -0.4 is 0 Å². The summed E-state index contributed by atoms with van der Waals surface area (Å²) in [5, 5.41) is 19.5. The van der Waals surface area contributed by atoms with Crippen LogP contribution in [0.25, 0.3) is 5.57 Å². The molecule has 2 heteroatoms. The van der Waals surface area contributed by atoms with Crippen molar-refractivity contribution in [2.45, 2.75) is 12.5 Å². The number of aromatic hydroxyl groups is 1. The normalized spacial score (nSPS) is 29.8. The van der Waals surface area contributed by atoms with Gasteiger partial charge in [0, 0.05) is 5.92 Å². The predicted molar refractivity (Wildman–Crippen MR) is 72.0 cm³/mol. The number of hydrogen-bond acceptors (Lipinski definition) is 2. The summed E-state index contributed by atoms with van der Waals surface area (Å²) in [6, 6.07) is 7.24. The number of allylic oxidation sites excluding steroid dienone is 5. The van der Waals surface area contributed by atoms with E-state index in [-0.39, 0.29) is 5.75 Å². The molecule has 0 bridgehead atoms. The van der Waals surface area contributed by atoms with Gasteiger partial charge in [0.25, 0.3) is 0 Å². The fraction of sp³-hybridized carbons (Fsp3) is 0.250.